The number of carbonyl (C=O) groups is 2. The molecule has 0 bridgehead atoms. The molecule has 1 N–H and O–H groups in total. The number of hydrogen-bond donors (Lipinski definition) is 1. The van der Waals surface area contributed by atoms with Crippen molar-refractivity contribution >= 4 is 11.8 Å². The molecule has 1 saturated heterocycles. The third-order valence-electron chi connectivity index (χ3n) is 5.00. The Balaban J connectivity index is 1.79. The molecule has 1 atom stereocenters. The Morgan fingerprint density at radius 1 is 1.30 bits per heavy atom. The first-order chi connectivity index (χ1) is 13.0. The molecule has 27 heavy (non-hydrogen) atoms. The van der Waals surface area contributed by atoms with Gasteiger partial charge in [0, 0.05) is 25.7 Å². The number of methoxy groups -OCH3 is 1. The molecular weight excluding hydrogens is 344 g/mol. The zero-order valence-electron chi connectivity index (χ0n) is 16.1. The van der Waals surface area contributed by atoms with E-state index >= 15 is 0 Å². The van der Waals surface area contributed by atoms with Crippen LogP contribution in [0.2, 0.25) is 0 Å². The molecule has 1 aliphatic heterocycles. The summed E-state index contributed by atoms with van der Waals surface area (Å²) in [6, 6.07) is 8.84. The summed E-state index contributed by atoms with van der Waals surface area (Å²) in [6.45, 7) is 3.16. The predicted octanol–water partition coefficient (Wildman–Crippen LogP) is 2.56. The van der Waals surface area contributed by atoms with Crippen molar-refractivity contribution in [3.63, 3.8) is 0 Å². The van der Waals surface area contributed by atoms with Crippen molar-refractivity contribution in [3.8, 4) is 17.0 Å². The van der Waals surface area contributed by atoms with Gasteiger partial charge in [0.05, 0.1) is 12.8 Å². The fraction of sp³-hybridized carbons (Fsp3) is 0.450. The first-order valence-electron chi connectivity index (χ1n) is 9.31. The van der Waals surface area contributed by atoms with Gasteiger partial charge in [-0.05, 0) is 36.8 Å². The molecule has 3 rings (SSSR count). The topological polar surface area (TPSA) is 78.5 Å². The number of nitrogens with one attached hydrogen (secondary N) is 1. The lowest BCUT2D eigenvalue weighted by Crippen LogP contribution is -2.57. The number of carbonyl (C=O) groups excluding carboxylic acids is 2. The number of rotatable bonds is 6. The highest BCUT2D eigenvalue weighted by Gasteiger charge is 2.36. The van der Waals surface area contributed by atoms with E-state index in [1.54, 1.807) is 30.0 Å². The van der Waals surface area contributed by atoms with Crippen molar-refractivity contribution in [1.29, 1.82) is 0 Å². The molecule has 0 unspecified atom stereocenters. The van der Waals surface area contributed by atoms with Crippen LogP contribution in [0.4, 0.5) is 0 Å². The number of amides is 2. The maximum absolute atomic E-state index is 13.0. The maximum Gasteiger partial charge on any atom is 0.272 e. The van der Waals surface area contributed by atoms with Gasteiger partial charge >= 0.3 is 0 Å². The van der Waals surface area contributed by atoms with Gasteiger partial charge in [0.2, 0.25) is 5.91 Å². The second-order valence-electron chi connectivity index (χ2n) is 6.81. The highest BCUT2D eigenvalue weighted by atomic mass is 16.5. The van der Waals surface area contributed by atoms with Crippen molar-refractivity contribution in [2.75, 3.05) is 27.2 Å². The highest BCUT2D eigenvalue weighted by Crippen LogP contribution is 2.23. The van der Waals surface area contributed by atoms with Gasteiger partial charge in [-0.25, -0.2) is 0 Å². The van der Waals surface area contributed by atoms with Crippen LogP contribution in [0.1, 0.15) is 36.7 Å². The van der Waals surface area contributed by atoms with Crippen LogP contribution in [0.3, 0.4) is 0 Å². The first-order valence-corrected chi connectivity index (χ1v) is 9.31. The van der Waals surface area contributed by atoms with E-state index in [1.165, 1.54) is 0 Å². The van der Waals surface area contributed by atoms with Gasteiger partial charge in [0.1, 0.15) is 17.5 Å². The number of H-pyrrole nitrogens is 1. The molecule has 144 valence electrons. The monoisotopic (exact) mass is 370 g/mol. The molecule has 0 saturated carbocycles. The van der Waals surface area contributed by atoms with Crippen molar-refractivity contribution in [2.24, 2.45) is 0 Å². The third-order valence-corrected chi connectivity index (χ3v) is 5.00. The average Bonchev–Trinajstić information content (AvgIpc) is 3.19. The number of ether oxygens (including phenoxy) is 1. The Kier molecular flexibility index (Phi) is 5.78. The molecule has 1 aromatic carbocycles. The Morgan fingerprint density at radius 2 is 2.04 bits per heavy atom. The molecule has 0 radical (unpaired) electrons. The number of aromatic amines is 1. The molecule has 1 aromatic heterocycles. The van der Waals surface area contributed by atoms with Crippen LogP contribution in [0.15, 0.2) is 30.3 Å². The van der Waals surface area contributed by atoms with E-state index in [4.69, 9.17) is 4.74 Å². The largest absolute Gasteiger partial charge is 0.497 e. The van der Waals surface area contributed by atoms with Crippen LogP contribution in [-0.2, 0) is 4.79 Å². The minimum absolute atomic E-state index is 0.0120. The standard InChI is InChI=1S/C20H26N4O3/c1-4-5-6-18-20(26)23(2)11-12-24(18)19(25)17-13-16(21-22-17)14-7-9-15(27-3)10-8-14/h7-10,13,18H,4-6,11-12H2,1-3H3,(H,21,22)/t18-/m1/s1. The molecule has 7 nitrogen and oxygen atoms in total. The second-order valence-corrected chi connectivity index (χ2v) is 6.81. The average molecular weight is 370 g/mol. The summed E-state index contributed by atoms with van der Waals surface area (Å²) in [7, 11) is 3.41. The lowest BCUT2D eigenvalue weighted by Gasteiger charge is -2.39. The van der Waals surface area contributed by atoms with Crippen LogP contribution in [0, 0.1) is 0 Å². The van der Waals surface area contributed by atoms with Gasteiger partial charge in [0.15, 0.2) is 0 Å². The molecule has 2 aromatic rings. The molecule has 7 heteroatoms. The molecular formula is C20H26N4O3. The number of likely N-dealkylation sites (N-methyl/N-ethyl adjacent to an activating group) is 1. The summed E-state index contributed by atoms with van der Waals surface area (Å²) < 4.78 is 5.17. The minimum Gasteiger partial charge on any atom is -0.497 e. The SMILES string of the molecule is CCCC[C@@H]1C(=O)N(C)CCN1C(=O)c1cc(-c2ccc(OC)cc2)n[nH]1. The van der Waals surface area contributed by atoms with Crippen molar-refractivity contribution in [3.05, 3.63) is 36.0 Å². The summed E-state index contributed by atoms with van der Waals surface area (Å²) >= 11 is 0. The van der Waals surface area contributed by atoms with E-state index < -0.39 is 6.04 Å². The Morgan fingerprint density at radius 3 is 2.70 bits per heavy atom. The summed E-state index contributed by atoms with van der Waals surface area (Å²) in [4.78, 5) is 29.0. The van der Waals surface area contributed by atoms with Crippen LogP contribution in [-0.4, -0.2) is 65.1 Å². The fourth-order valence-electron chi connectivity index (χ4n) is 3.33. The number of nitrogens with zero attached hydrogens (tertiary/aromatic N) is 3. The summed E-state index contributed by atoms with van der Waals surface area (Å²) in [6.07, 6.45) is 2.58. The van der Waals surface area contributed by atoms with Crippen LogP contribution in [0.5, 0.6) is 5.75 Å². The molecule has 1 fully saturated rings. The number of hydrogen-bond acceptors (Lipinski definition) is 4. The van der Waals surface area contributed by atoms with Crippen LogP contribution in [0.25, 0.3) is 11.3 Å². The maximum atomic E-state index is 13.0. The van der Waals surface area contributed by atoms with Crippen molar-refractivity contribution in [1.82, 2.24) is 20.0 Å². The predicted molar refractivity (Wildman–Crippen MR) is 103 cm³/mol. The van der Waals surface area contributed by atoms with Crippen LogP contribution < -0.4 is 4.74 Å². The van der Waals surface area contributed by atoms with Crippen LogP contribution >= 0.6 is 0 Å². The number of piperazine rings is 1. The minimum atomic E-state index is -0.399. The smallest absolute Gasteiger partial charge is 0.272 e. The van der Waals surface area contributed by atoms with Gasteiger partial charge in [-0.1, -0.05) is 19.8 Å². The highest BCUT2D eigenvalue weighted by molar-refractivity contribution is 5.97. The van der Waals surface area contributed by atoms with E-state index in [9.17, 15) is 9.59 Å². The lowest BCUT2D eigenvalue weighted by atomic mass is 10.0. The van der Waals surface area contributed by atoms with Gasteiger partial charge in [-0.3, -0.25) is 14.7 Å². The quantitative estimate of drug-likeness (QED) is 0.848. The van der Waals surface area contributed by atoms with E-state index in [-0.39, 0.29) is 11.8 Å². The molecule has 0 aliphatic carbocycles. The molecule has 0 spiro atoms. The Hall–Kier alpha value is -2.83. The zero-order valence-corrected chi connectivity index (χ0v) is 16.1. The fourth-order valence-corrected chi connectivity index (χ4v) is 3.33. The normalized spacial score (nSPS) is 17.3. The van der Waals surface area contributed by atoms with E-state index in [1.807, 2.05) is 24.3 Å². The summed E-state index contributed by atoms with van der Waals surface area (Å²) in [5, 5.41) is 7.11. The summed E-state index contributed by atoms with van der Waals surface area (Å²) in [5.74, 6) is 0.600. The lowest BCUT2D eigenvalue weighted by molar-refractivity contribution is -0.138. The van der Waals surface area contributed by atoms with Gasteiger partial charge in [-0.2, -0.15) is 5.10 Å². The zero-order chi connectivity index (χ0) is 19.4. The van der Waals surface area contributed by atoms with Gasteiger partial charge in [0.25, 0.3) is 5.91 Å². The first kappa shape index (κ1) is 18.9. The van der Waals surface area contributed by atoms with E-state index in [0.29, 0.717) is 30.9 Å². The van der Waals surface area contributed by atoms with Gasteiger partial charge in [-0.15, -0.1) is 0 Å². The molecule has 1 aliphatic rings. The molecule has 2 heterocycles. The number of unbranched alkanes of at least 4 members (excludes halogenated alkanes) is 1. The summed E-state index contributed by atoms with van der Waals surface area (Å²) in [5.41, 5.74) is 1.98. The molecule has 2 amide bonds. The van der Waals surface area contributed by atoms with Crippen molar-refractivity contribution < 1.29 is 14.3 Å². The third kappa shape index (κ3) is 3.97. The second kappa shape index (κ2) is 8.24. The Labute approximate surface area is 159 Å². The van der Waals surface area contributed by atoms with Crippen molar-refractivity contribution in [2.45, 2.75) is 32.2 Å². The number of aromatic nitrogens is 2. The van der Waals surface area contributed by atoms with Gasteiger partial charge < -0.3 is 14.5 Å². The van der Waals surface area contributed by atoms with E-state index in [0.717, 1.165) is 24.2 Å². The Bertz CT molecular complexity index is 800. The van der Waals surface area contributed by atoms with E-state index in [2.05, 4.69) is 17.1 Å². The number of benzene rings is 1.